The lowest BCUT2D eigenvalue weighted by atomic mass is 10.3. The first-order valence-electron chi connectivity index (χ1n) is 4.41. The minimum absolute atomic E-state index is 0.0314. The molecule has 16 heavy (non-hydrogen) atoms. The summed E-state index contributed by atoms with van der Waals surface area (Å²) in [5, 5.41) is 17.7. The topological polar surface area (TPSA) is 87.1 Å². The molecule has 0 spiro atoms. The number of nitrogens with zero attached hydrogens (tertiary/aromatic N) is 1. The van der Waals surface area contributed by atoms with Crippen LogP contribution in [0.5, 0.6) is 5.75 Å². The second-order valence-electron chi connectivity index (χ2n) is 2.97. The molecule has 0 unspecified atom stereocenters. The van der Waals surface area contributed by atoms with Crippen LogP contribution in [0.25, 0.3) is 0 Å². The largest absolute Gasteiger partial charge is 0.508 e. The van der Waals surface area contributed by atoms with Gasteiger partial charge in [0.25, 0.3) is 0 Å². The van der Waals surface area contributed by atoms with Gasteiger partial charge in [-0.25, -0.2) is 4.79 Å². The number of amides is 1. The van der Waals surface area contributed by atoms with Gasteiger partial charge < -0.3 is 14.9 Å². The summed E-state index contributed by atoms with van der Waals surface area (Å²) < 4.78 is 4.46. The van der Waals surface area contributed by atoms with Gasteiger partial charge in [0.2, 0.25) is 0 Å². The molecule has 1 amide bonds. The Kier molecular flexibility index (Phi) is 3.71. The van der Waals surface area contributed by atoms with E-state index in [0.29, 0.717) is 5.69 Å². The zero-order chi connectivity index (χ0) is 12.1. The molecule has 0 aliphatic heterocycles. The van der Waals surface area contributed by atoms with Gasteiger partial charge in [-0.05, 0) is 24.3 Å². The number of phenols is 1. The van der Waals surface area contributed by atoms with E-state index in [4.69, 9.17) is 10.2 Å². The Labute approximate surface area is 91.7 Å². The highest BCUT2D eigenvalue weighted by Gasteiger charge is 2.18. The molecular formula is C10H11NO5. The van der Waals surface area contributed by atoms with Crippen molar-refractivity contribution in [2.75, 3.05) is 18.6 Å². The van der Waals surface area contributed by atoms with E-state index < -0.39 is 18.6 Å². The van der Waals surface area contributed by atoms with Crippen LogP contribution in [0.4, 0.5) is 10.5 Å². The fourth-order valence-corrected chi connectivity index (χ4v) is 1.14. The van der Waals surface area contributed by atoms with E-state index in [0.717, 1.165) is 12.0 Å². The van der Waals surface area contributed by atoms with E-state index in [9.17, 15) is 9.59 Å². The third-order valence-corrected chi connectivity index (χ3v) is 1.85. The highest BCUT2D eigenvalue weighted by atomic mass is 16.5. The number of aromatic hydroxyl groups is 1. The number of carbonyl (C=O) groups is 2. The van der Waals surface area contributed by atoms with Crippen molar-refractivity contribution >= 4 is 17.7 Å². The zero-order valence-corrected chi connectivity index (χ0v) is 8.58. The average Bonchev–Trinajstić information content (AvgIpc) is 2.26. The zero-order valence-electron chi connectivity index (χ0n) is 8.58. The van der Waals surface area contributed by atoms with Crippen molar-refractivity contribution in [3.05, 3.63) is 24.3 Å². The third kappa shape index (κ3) is 2.88. The summed E-state index contributed by atoms with van der Waals surface area (Å²) in [6.45, 7) is -0.503. The van der Waals surface area contributed by atoms with Gasteiger partial charge in [0.1, 0.15) is 12.3 Å². The predicted octanol–water partition coefficient (Wildman–Crippen LogP) is 1.05. The van der Waals surface area contributed by atoms with Crippen molar-refractivity contribution in [2.45, 2.75) is 0 Å². The van der Waals surface area contributed by atoms with Crippen molar-refractivity contribution < 1.29 is 24.5 Å². The second kappa shape index (κ2) is 5.01. The maximum Gasteiger partial charge on any atom is 0.414 e. The first-order valence-corrected chi connectivity index (χ1v) is 4.41. The van der Waals surface area contributed by atoms with Gasteiger partial charge in [-0.3, -0.25) is 9.69 Å². The molecule has 0 aromatic heterocycles. The molecule has 0 atom stereocenters. The van der Waals surface area contributed by atoms with Crippen molar-refractivity contribution in [3.8, 4) is 5.75 Å². The molecule has 0 saturated carbocycles. The molecule has 1 aromatic carbocycles. The molecule has 6 heteroatoms. The summed E-state index contributed by atoms with van der Waals surface area (Å²) in [4.78, 5) is 22.8. The fourth-order valence-electron chi connectivity index (χ4n) is 1.14. The van der Waals surface area contributed by atoms with Gasteiger partial charge in [0.05, 0.1) is 7.11 Å². The molecule has 1 aromatic rings. The van der Waals surface area contributed by atoms with Gasteiger partial charge in [-0.15, -0.1) is 0 Å². The molecule has 0 aliphatic rings. The smallest absolute Gasteiger partial charge is 0.414 e. The number of hydrogen-bond acceptors (Lipinski definition) is 4. The van der Waals surface area contributed by atoms with Crippen LogP contribution in [-0.2, 0) is 9.53 Å². The number of hydrogen-bond donors (Lipinski definition) is 2. The number of aliphatic carboxylic acids is 1. The Hall–Kier alpha value is -2.24. The second-order valence-corrected chi connectivity index (χ2v) is 2.97. The van der Waals surface area contributed by atoms with Crippen LogP contribution in [0.3, 0.4) is 0 Å². The molecule has 0 aliphatic carbocycles. The van der Waals surface area contributed by atoms with Crippen molar-refractivity contribution in [1.82, 2.24) is 0 Å². The van der Waals surface area contributed by atoms with Crippen LogP contribution < -0.4 is 4.90 Å². The lowest BCUT2D eigenvalue weighted by Gasteiger charge is -2.18. The van der Waals surface area contributed by atoms with E-state index in [1.54, 1.807) is 0 Å². The van der Waals surface area contributed by atoms with Gasteiger partial charge in [0, 0.05) is 5.69 Å². The number of ether oxygens (including phenoxy) is 1. The van der Waals surface area contributed by atoms with Crippen molar-refractivity contribution in [2.24, 2.45) is 0 Å². The summed E-state index contributed by atoms with van der Waals surface area (Å²) in [7, 11) is 1.16. The maximum absolute atomic E-state index is 11.3. The Balaban J connectivity index is 2.96. The first-order chi connectivity index (χ1) is 7.54. The Morgan fingerprint density at radius 3 is 2.31 bits per heavy atom. The molecular weight excluding hydrogens is 214 g/mol. The number of carboxylic acid groups (broad SMARTS) is 1. The van der Waals surface area contributed by atoms with Crippen LogP contribution >= 0.6 is 0 Å². The summed E-state index contributed by atoms with van der Waals surface area (Å²) in [6.07, 6.45) is -0.770. The monoisotopic (exact) mass is 225 g/mol. The van der Waals surface area contributed by atoms with Gasteiger partial charge in [0.15, 0.2) is 0 Å². The molecule has 0 fully saturated rings. The van der Waals surface area contributed by atoms with E-state index in [1.807, 2.05) is 0 Å². The lowest BCUT2D eigenvalue weighted by Crippen LogP contribution is -2.35. The standard InChI is InChI=1S/C10H11NO5/c1-16-10(15)11(6-9(13)14)7-2-4-8(12)5-3-7/h2-5,12H,6H2,1H3,(H,13,14). The highest BCUT2D eigenvalue weighted by molar-refractivity contribution is 5.92. The number of anilines is 1. The minimum atomic E-state index is -1.15. The summed E-state index contributed by atoms with van der Waals surface area (Å²) >= 11 is 0. The van der Waals surface area contributed by atoms with Crippen molar-refractivity contribution in [3.63, 3.8) is 0 Å². The molecule has 0 heterocycles. The molecule has 0 bridgehead atoms. The Bertz CT molecular complexity index is 387. The quantitative estimate of drug-likeness (QED) is 0.802. The number of carboxylic acids is 1. The number of carbonyl (C=O) groups excluding carboxylic acids is 1. The highest BCUT2D eigenvalue weighted by Crippen LogP contribution is 2.18. The van der Waals surface area contributed by atoms with Crippen molar-refractivity contribution in [1.29, 1.82) is 0 Å². The van der Waals surface area contributed by atoms with Gasteiger partial charge in [-0.1, -0.05) is 0 Å². The Morgan fingerprint density at radius 1 is 1.31 bits per heavy atom. The van der Waals surface area contributed by atoms with Crippen LogP contribution in [0.2, 0.25) is 0 Å². The van der Waals surface area contributed by atoms with E-state index in [2.05, 4.69) is 4.74 Å². The minimum Gasteiger partial charge on any atom is -0.508 e. The number of rotatable bonds is 3. The molecule has 0 saturated heterocycles. The number of phenolic OH excluding ortho intramolecular Hbond substituents is 1. The van der Waals surface area contributed by atoms with Crippen LogP contribution in [-0.4, -0.2) is 35.9 Å². The van der Waals surface area contributed by atoms with E-state index >= 15 is 0 Å². The van der Waals surface area contributed by atoms with Crippen LogP contribution in [0.1, 0.15) is 0 Å². The molecule has 0 radical (unpaired) electrons. The fraction of sp³-hybridized carbons (Fsp3) is 0.200. The van der Waals surface area contributed by atoms with Crippen LogP contribution in [0.15, 0.2) is 24.3 Å². The molecule has 1 rings (SSSR count). The first kappa shape index (κ1) is 11.8. The van der Waals surface area contributed by atoms with E-state index in [1.165, 1.54) is 24.3 Å². The van der Waals surface area contributed by atoms with Gasteiger partial charge in [-0.2, -0.15) is 0 Å². The SMILES string of the molecule is COC(=O)N(CC(=O)O)c1ccc(O)cc1. The Morgan fingerprint density at radius 2 is 1.88 bits per heavy atom. The lowest BCUT2D eigenvalue weighted by molar-refractivity contribution is -0.135. The number of methoxy groups -OCH3 is 1. The average molecular weight is 225 g/mol. The predicted molar refractivity (Wildman–Crippen MR) is 55.5 cm³/mol. The van der Waals surface area contributed by atoms with E-state index in [-0.39, 0.29) is 5.75 Å². The third-order valence-electron chi connectivity index (χ3n) is 1.85. The molecule has 86 valence electrons. The molecule has 6 nitrogen and oxygen atoms in total. The maximum atomic E-state index is 11.3. The van der Waals surface area contributed by atoms with Crippen LogP contribution in [0, 0.1) is 0 Å². The number of benzene rings is 1. The molecule has 2 N–H and O–H groups in total. The normalized spacial score (nSPS) is 9.56. The van der Waals surface area contributed by atoms with Gasteiger partial charge >= 0.3 is 12.1 Å². The summed E-state index contributed by atoms with van der Waals surface area (Å²) in [5.74, 6) is -1.12. The summed E-state index contributed by atoms with van der Waals surface area (Å²) in [6, 6.07) is 5.56. The summed E-state index contributed by atoms with van der Waals surface area (Å²) in [5.41, 5.74) is 0.340.